The Bertz CT molecular complexity index is 811. The second-order valence-corrected chi connectivity index (χ2v) is 6.83. The molecule has 2 bridgehead atoms. The highest BCUT2D eigenvalue weighted by atomic mass is 16.4. The van der Waals surface area contributed by atoms with Gasteiger partial charge in [0.1, 0.15) is 0 Å². The fourth-order valence-electron chi connectivity index (χ4n) is 3.98. The summed E-state index contributed by atoms with van der Waals surface area (Å²) in [5.74, 6) is 0.891. The van der Waals surface area contributed by atoms with Crippen LogP contribution in [0.15, 0.2) is 34.9 Å². The molecule has 0 radical (unpaired) electrons. The van der Waals surface area contributed by atoms with Crippen LogP contribution in [0.3, 0.4) is 0 Å². The van der Waals surface area contributed by atoms with Crippen LogP contribution < -0.4 is 5.32 Å². The molecule has 3 aliphatic heterocycles. The first-order chi connectivity index (χ1) is 12.2. The zero-order valence-corrected chi connectivity index (χ0v) is 14.1. The lowest BCUT2D eigenvalue weighted by atomic mass is 9.79. The standard InChI is InChI=1S/C19H20N4O2/c1-12-17(15-6-8-23(12)9-7-15)22-18(24)19-21-11-16(25-19)14-4-2-13(10-20)3-5-14/h2-5,11-12,15,17H,6-9H2,1H3,(H,22,24). The number of oxazole rings is 1. The lowest BCUT2D eigenvalue weighted by molar-refractivity contribution is 0.0210. The van der Waals surface area contributed by atoms with Gasteiger partial charge >= 0.3 is 5.91 Å². The predicted molar refractivity (Wildman–Crippen MR) is 91.7 cm³/mol. The molecule has 2 aromatic rings. The number of hydrogen-bond donors (Lipinski definition) is 1. The van der Waals surface area contributed by atoms with Crippen molar-refractivity contribution in [1.82, 2.24) is 15.2 Å². The van der Waals surface area contributed by atoms with Crippen molar-refractivity contribution >= 4 is 5.91 Å². The molecule has 25 heavy (non-hydrogen) atoms. The summed E-state index contributed by atoms with van der Waals surface area (Å²) in [4.78, 5) is 19.1. The molecule has 0 saturated carbocycles. The minimum absolute atomic E-state index is 0.0861. The third kappa shape index (κ3) is 2.92. The maximum atomic E-state index is 12.6. The van der Waals surface area contributed by atoms with Crippen LogP contribution in [-0.2, 0) is 0 Å². The summed E-state index contributed by atoms with van der Waals surface area (Å²) in [5, 5.41) is 12.0. The first-order valence-electron chi connectivity index (χ1n) is 8.67. The monoisotopic (exact) mass is 336 g/mol. The molecule has 6 nitrogen and oxygen atoms in total. The Balaban J connectivity index is 1.48. The average molecular weight is 336 g/mol. The molecule has 1 amide bonds. The minimum Gasteiger partial charge on any atom is -0.432 e. The highest BCUT2D eigenvalue weighted by Gasteiger charge is 2.40. The van der Waals surface area contributed by atoms with Gasteiger partial charge < -0.3 is 9.73 Å². The van der Waals surface area contributed by atoms with Gasteiger partial charge in [-0.05, 0) is 63.0 Å². The number of nitriles is 1. The average Bonchev–Trinajstić information content (AvgIpc) is 3.15. The summed E-state index contributed by atoms with van der Waals surface area (Å²) in [7, 11) is 0. The van der Waals surface area contributed by atoms with Gasteiger partial charge in [-0.3, -0.25) is 9.69 Å². The largest absolute Gasteiger partial charge is 0.432 e. The third-order valence-corrected chi connectivity index (χ3v) is 5.47. The Morgan fingerprint density at radius 1 is 1.32 bits per heavy atom. The summed E-state index contributed by atoms with van der Waals surface area (Å²) < 4.78 is 5.64. The van der Waals surface area contributed by atoms with Crippen LogP contribution in [-0.4, -0.2) is 41.0 Å². The van der Waals surface area contributed by atoms with Gasteiger partial charge in [-0.15, -0.1) is 0 Å². The van der Waals surface area contributed by atoms with Crippen LogP contribution >= 0.6 is 0 Å². The number of amides is 1. The molecule has 4 heterocycles. The molecule has 5 rings (SSSR count). The molecule has 0 spiro atoms. The molecule has 6 heteroatoms. The lowest BCUT2D eigenvalue weighted by Crippen LogP contribution is -2.62. The normalized spacial score (nSPS) is 27.7. The van der Waals surface area contributed by atoms with Crippen molar-refractivity contribution in [2.75, 3.05) is 13.1 Å². The van der Waals surface area contributed by atoms with E-state index in [0.717, 1.165) is 31.5 Å². The van der Waals surface area contributed by atoms with E-state index in [1.165, 1.54) is 0 Å². The van der Waals surface area contributed by atoms with E-state index in [1.807, 2.05) is 0 Å². The number of nitrogens with zero attached hydrogens (tertiary/aromatic N) is 3. The molecule has 3 aliphatic rings. The van der Waals surface area contributed by atoms with E-state index in [1.54, 1.807) is 30.5 Å². The number of rotatable bonds is 3. The Labute approximate surface area is 146 Å². The molecular formula is C19H20N4O2. The second-order valence-electron chi connectivity index (χ2n) is 6.83. The number of fused-ring (bicyclic) bond motifs is 3. The van der Waals surface area contributed by atoms with E-state index in [4.69, 9.17) is 9.68 Å². The van der Waals surface area contributed by atoms with Crippen LogP contribution in [0.4, 0.5) is 0 Å². The molecule has 1 aromatic heterocycles. The quantitative estimate of drug-likeness (QED) is 0.931. The molecule has 1 aromatic carbocycles. The fraction of sp³-hybridized carbons (Fsp3) is 0.421. The first kappa shape index (κ1) is 15.9. The number of aromatic nitrogens is 1. The van der Waals surface area contributed by atoms with Crippen molar-refractivity contribution < 1.29 is 9.21 Å². The molecule has 2 unspecified atom stereocenters. The SMILES string of the molecule is CC1C(NC(=O)c2ncc(-c3ccc(C#N)cc3)o2)C2CCN1CC2. The smallest absolute Gasteiger partial charge is 0.307 e. The van der Waals surface area contributed by atoms with E-state index in [-0.39, 0.29) is 17.8 Å². The number of nitrogens with one attached hydrogen (secondary N) is 1. The van der Waals surface area contributed by atoms with E-state index in [9.17, 15) is 4.79 Å². The van der Waals surface area contributed by atoms with Crippen molar-refractivity contribution in [3.05, 3.63) is 41.9 Å². The van der Waals surface area contributed by atoms with Gasteiger partial charge in [-0.2, -0.15) is 5.26 Å². The molecule has 1 N–H and O–H groups in total. The lowest BCUT2D eigenvalue weighted by Gasteiger charge is -2.49. The van der Waals surface area contributed by atoms with Gasteiger partial charge in [0.05, 0.1) is 17.8 Å². The summed E-state index contributed by atoms with van der Waals surface area (Å²) in [5.41, 5.74) is 1.37. The van der Waals surface area contributed by atoms with E-state index >= 15 is 0 Å². The maximum Gasteiger partial charge on any atom is 0.307 e. The molecule has 128 valence electrons. The molecular weight excluding hydrogens is 316 g/mol. The molecule has 3 fully saturated rings. The summed E-state index contributed by atoms with van der Waals surface area (Å²) in [6.07, 6.45) is 3.82. The number of piperidine rings is 3. The summed E-state index contributed by atoms with van der Waals surface area (Å²) >= 11 is 0. The minimum atomic E-state index is -0.259. The van der Waals surface area contributed by atoms with Crippen LogP contribution in [0.1, 0.15) is 36.0 Å². The van der Waals surface area contributed by atoms with Crippen molar-refractivity contribution in [2.24, 2.45) is 5.92 Å². The van der Waals surface area contributed by atoms with Crippen LogP contribution in [0, 0.1) is 17.2 Å². The molecule has 3 saturated heterocycles. The number of carbonyl (C=O) groups is 1. The predicted octanol–water partition coefficient (Wildman–Crippen LogP) is 2.43. The summed E-state index contributed by atoms with van der Waals surface area (Å²) in [6, 6.07) is 9.59. The highest BCUT2D eigenvalue weighted by molar-refractivity contribution is 5.90. The Morgan fingerprint density at radius 3 is 2.68 bits per heavy atom. The zero-order chi connectivity index (χ0) is 17.4. The van der Waals surface area contributed by atoms with E-state index in [2.05, 4.69) is 28.2 Å². The van der Waals surface area contributed by atoms with Crippen molar-refractivity contribution in [2.45, 2.75) is 31.8 Å². The van der Waals surface area contributed by atoms with Crippen molar-refractivity contribution in [3.8, 4) is 17.4 Å². The third-order valence-electron chi connectivity index (χ3n) is 5.47. The first-order valence-corrected chi connectivity index (χ1v) is 8.67. The van der Waals surface area contributed by atoms with Gasteiger partial charge in [-0.1, -0.05) is 0 Å². The maximum absolute atomic E-state index is 12.6. The fourth-order valence-corrected chi connectivity index (χ4v) is 3.98. The highest BCUT2D eigenvalue weighted by Crippen LogP contribution is 2.32. The number of carbonyl (C=O) groups excluding carboxylic acids is 1. The van der Waals surface area contributed by atoms with Gasteiger partial charge in [0.2, 0.25) is 0 Å². The topological polar surface area (TPSA) is 82.2 Å². The Kier molecular flexibility index (Phi) is 4.02. The van der Waals surface area contributed by atoms with Crippen LogP contribution in [0.2, 0.25) is 0 Å². The van der Waals surface area contributed by atoms with Gasteiger partial charge in [0, 0.05) is 17.6 Å². The van der Waals surface area contributed by atoms with Crippen LogP contribution in [0.5, 0.6) is 0 Å². The van der Waals surface area contributed by atoms with E-state index in [0.29, 0.717) is 23.3 Å². The van der Waals surface area contributed by atoms with E-state index < -0.39 is 0 Å². The van der Waals surface area contributed by atoms with Gasteiger partial charge in [0.25, 0.3) is 5.89 Å². The zero-order valence-electron chi connectivity index (χ0n) is 14.1. The van der Waals surface area contributed by atoms with Crippen LogP contribution in [0.25, 0.3) is 11.3 Å². The van der Waals surface area contributed by atoms with Gasteiger partial charge in [0.15, 0.2) is 5.76 Å². The second kappa shape index (κ2) is 6.34. The number of benzene rings is 1. The molecule has 2 atom stereocenters. The Hall–Kier alpha value is -2.65. The molecule has 0 aliphatic carbocycles. The Morgan fingerprint density at radius 2 is 2.04 bits per heavy atom. The van der Waals surface area contributed by atoms with Crippen molar-refractivity contribution in [3.63, 3.8) is 0 Å². The van der Waals surface area contributed by atoms with Gasteiger partial charge in [-0.25, -0.2) is 4.98 Å². The number of hydrogen-bond acceptors (Lipinski definition) is 5. The summed E-state index contributed by atoms with van der Waals surface area (Å²) in [6.45, 7) is 4.42. The van der Waals surface area contributed by atoms with Crippen molar-refractivity contribution in [1.29, 1.82) is 5.26 Å².